The highest BCUT2D eigenvalue weighted by atomic mass is 16.5. The first-order chi connectivity index (χ1) is 10.9. The molecule has 1 aromatic carbocycles. The zero-order chi connectivity index (χ0) is 15.0. The molecule has 0 bridgehead atoms. The van der Waals surface area contributed by atoms with E-state index in [1.54, 1.807) is 0 Å². The minimum atomic E-state index is 0.220. The lowest BCUT2D eigenvalue weighted by atomic mass is 9.94. The van der Waals surface area contributed by atoms with Gasteiger partial charge in [-0.3, -0.25) is 0 Å². The van der Waals surface area contributed by atoms with Crippen molar-refractivity contribution in [1.29, 1.82) is 0 Å². The molecule has 2 fully saturated rings. The lowest BCUT2D eigenvalue weighted by Crippen LogP contribution is -2.39. The van der Waals surface area contributed by atoms with Crippen LogP contribution in [0.1, 0.15) is 44.9 Å². The Labute approximate surface area is 134 Å². The van der Waals surface area contributed by atoms with Gasteiger partial charge in [0.15, 0.2) is 0 Å². The Morgan fingerprint density at radius 2 is 1.59 bits per heavy atom. The van der Waals surface area contributed by atoms with Crippen LogP contribution < -0.4 is 4.74 Å². The number of para-hydroxylation sites is 1. The van der Waals surface area contributed by atoms with Crippen molar-refractivity contribution in [3.63, 3.8) is 0 Å². The largest absolute Gasteiger partial charge is 0.488 e. The third-order valence-corrected chi connectivity index (χ3v) is 4.86. The Kier molecular flexibility index (Phi) is 6.14. The number of hydrogen-bond donors (Lipinski definition) is 0. The molecule has 1 heterocycles. The molecule has 1 saturated heterocycles. The normalized spacial score (nSPS) is 26.7. The molecule has 0 spiro atoms. The average Bonchev–Trinajstić information content (AvgIpc) is 2.58. The topological polar surface area (TPSA) is 21.7 Å². The summed E-state index contributed by atoms with van der Waals surface area (Å²) in [7, 11) is 0. The lowest BCUT2D eigenvalue weighted by molar-refractivity contribution is -0.0532. The summed E-state index contributed by atoms with van der Waals surface area (Å²) in [6, 6.07) is 10.2. The number of piperidine rings is 1. The fourth-order valence-electron chi connectivity index (χ4n) is 3.58. The molecule has 2 unspecified atom stereocenters. The van der Waals surface area contributed by atoms with Gasteiger partial charge in [-0.05, 0) is 57.3 Å². The van der Waals surface area contributed by atoms with Crippen molar-refractivity contribution in [2.75, 3.05) is 26.2 Å². The molecule has 0 radical (unpaired) electrons. The van der Waals surface area contributed by atoms with Crippen LogP contribution in [0.15, 0.2) is 30.3 Å². The lowest BCUT2D eigenvalue weighted by Gasteiger charge is -2.33. The first-order valence-corrected chi connectivity index (χ1v) is 8.97. The van der Waals surface area contributed by atoms with Gasteiger partial charge in [0.25, 0.3) is 0 Å². The van der Waals surface area contributed by atoms with Gasteiger partial charge in [-0.25, -0.2) is 0 Å². The number of likely N-dealkylation sites (tertiary alicyclic amines) is 1. The van der Waals surface area contributed by atoms with Crippen LogP contribution in [0.4, 0.5) is 0 Å². The molecule has 1 saturated carbocycles. The van der Waals surface area contributed by atoms with E-state index in [-0.39, 0.29) is 12.2 Å². The van der Waals surface area contributed by atoms with Crippen molar-refractivity contribution in [3.05, 3.63) is 30.3 Å². The summed E-state index contributed by atoms with van der Waals surface area (Å²) >= 11 is 0. The zero-order valence-corrected chi connectivity index (χ0v) is 13.6. The predicted octanol–water partition coefficient (Wildman–Crippen LogP) is 3.88. The molecule has 3 nitrogen and oxygen atoms in total. The summed E-state index contributed by atoms with van der Waals surface area (Å²) in [5.41, 5.74) is 0. The molecule has 3 heteroatoms. The van der Waals surface area contributed by atoms with E-state index in [9.17, 15) is 0 Å². The van der Waals surface area contributed by atoms with E-state index in [2.05, 4.69) is 4.90 Å². The van der Waals surface area contributed by atoms with Gasteiger partial charge in [-0.2, -0.15) is 0 Å². The molecular weight excluding hydrogens is 274 g/mol. The highest BCUT2D eigenvalue weighted by molar-refractivity contribution is 5.21. The maximum Gasteiger partial charge on any atom is 0.125 e. The molecule has 2 atom stereocenters. The molecule has 0 aromatic heterocycles. The van der Waals surface area contributed by atoms with Crippen LogP contribution in [0, 0.1) is 0 Å². The second-order valence-electron chi connectivity index (χ2n) is 6.57. The minimum absolute atomic E-state index is 0.220. The molecule has 3 rings (SSSR count). The van der Waals surface area contributed by atoms with E-state index in [1.165, 1.54) is 45.2 Å². The maximum absolute atomic E-state index is 6.20. The van der Waals surface area contributed by atoms with E-state index in [4.69, 9.17) is 9.47 Å². The molecule has 22 heavy (non-hydrogen) atoms. The minimum Gasteiger partial charge on any atom is -0.488 e. The van der Waals surface area contributed by atoms with Crippen molar-refractivity contribution >= 4 is 0 Å². The van der Waals surface area contributed by atoms with Crippen LogP contribution in [0.3, 0.4) is 0 Å². The maximum atomic E-state index is 6.20. The van der Waals surface area contributed by atoms with Gasteiger partial charge in [-0.1, -0.05) is 31.0 Å². The van der Waals surface area contributed by atoms with E-state index < -0.39 is 0 Å². The summed E-state index contributed by atoms with van der Waals surface area (Å²) in [6.45, 7) is 4.42. The summed E-state index contributed by atoms with van der Waals surface area (Å²) in [5, 5.41) is 0. The first-order valence-electron chi connectivity index (χ1n) is 8.97. The van der Waals surface area contributed by atoms with Crippen LogP contribution in [-0.2, 0) is 4.74 Å². The number of hydrogen-bond acceptors (Lipinski definition) is 3. The van der Waals surface area contributed by atoms with Gasteiger partial charge < -0.3 is 14.4 Å². The SMILES string of the molecule is c1ccc(OC2CCCCC2OCCN2CCCCC2)cc1. The van der Waals surface area contributed by atoms with E-state index in [0.717, 1.165) is 31.7 Å². The quantitative estimate of drug-likeness (QED) is 0.796. The van der Waals surface area contributed by atoms with Gasteiger partial charge in [0.1, 0.15) is 11.9 Å². The van der Waals surface area contributed by atoms with Crippen LogP contribution in [0.2, 0.25) is 0 Å². The van der Waals surface area contributed by atoms with Crippen molar-refractivity contribution in [3.8, 4) is 5.75 Å². The molecular formula is C19H29NO2. The van der Waals surface area contributed by atoms with Crippen molar-refractivity contribution in [1.82, 2.24) is 4.90 Å². The van der Waals surface area contributed by atoms with Gasteiger partial charge in [0.2, 0.25) is 0 Å². The monoisotopic (exact) mass is 303 g/mol. The molecule has 0 N–H and O–H groups in total. The van der Waals surface area contributed by atoms with Gasteiger partial charge in [0, 0.05) is 6.54 Å². The second-order valence-corrected chi connectivity index (χ2v) is 6.57. The van der Waals surface area contributed by atoms with Gasteiger partial charge in [-0.15, -0.1) is 0 Å². The molecule has 2 aliphatic rings. The van der Waals surface area contributed by atoms with Crippen molar-refractivity contribution < 1.29 is 9.47 Å². The van der Waals surface area contributed by atoms with Crippen LogP contribution in [-0.4, -0.2) is 43.3 Å². The number of nitrogens with zero attached hydrogens (tertiary/aromatic N) is 1. The molecule has 1 aromatic rings. The molecule has 0 amide bonds. The van der Waals surface area contributed by atoms with E-state index >= 15 is 0 Å². The number of rotatable bonds is 6. The Balaban J connectivity index is 1.45. The van der Waals surface area contributed by atoms with Gasteiger partial charge >= 0.3 is 0 Å². The van der Waals surface area contributed by atoms with Crippen LogP contribution in [0.5, 0.6) is 5.75 Å². The highest BCUT2D eigenvalue weighted by Gasteiger charge is 2.27. The van der Waals surface area contributed by atoms with E-state index in [0.29, 0.717) is 0 Å². The standard InChI is InChI=1S/C19H29NO2/c1-3-9-17(10-4-1)22-19-12-6-5-11-18(19)21-16-15-20-13-7-2-8-14-20/h1,3-4,9-10,18-19H,2,5-8,11-16H2. The van der Waals surface area contributed by atoms with Gasteiger partial charge in [0.05, 0.1) is 12.7 Å². The Bertz CT molecular complexity index is 417. The molecule has 1 aliphatic heterocycles. The third-order valence-electron chi connectivity index (χ3n) is 4.86. The summed E-state index contributed by atoms with van der Waals surface area (Å²) in [5.74, 6) is 0.971. The third kappa shape index (κ3) is 4.72. The fourth-order valence-corrected chi connectivity index (χ4v) is 3.58. The molecule has 122 valence electrons. The highest BCUT2D eigenvalue weighted by Crippen LogP contribution is 2.26. The average molecular weight is 303 g/mol. The predicted molar refractivity (Wildman–Crippen MR) is 89.4 cm³/mol. The smallest absolute Gasteiger partial charge is 0.125 e. The first kappa shape index (κ1) is 15.8. The number of ether oxygens (including phenoxy) is 2. The van der Waals surface area contributed by atoms with E-state index in [1.807, 2.05) is 30.3 Å². The Hall–Kier alpha value is -1.06. The Morgan fingerprint density at radius 1 is 0.864 bits per heavy atom. The summed E-state index contributed by atoms with van der Waals surface area (Å²) < 4.78 is 12.4. The Morgan fingerprint density at radius 3 is 2.36 bits per heavy atom. The van der Waals surface area contributed by atoms with Crippen molar-refractivity contribution in [2.24, 2.45) is 0 Å². The number of benzene rings is 1. The molecule has 1 aliphatic carbocycles. The fraction of sp³-hybridized carbons (Fsp3) is 0.684. The zero-order valence-electron chi connectivity index (χ0n) is 13.6. The van der Waals surface area contributed by atoms with Crippen LogP contribution >= 0.6 is 0 Å². The second kappa shape index (κ2) is 8.54. The van der Waals surface area contributed by atoms with Crippen molar-refractivity contribution in [2.45, 2.75) is 57.2 Å². The summed E-state index contributed by atoms with van der Waals surface area (Å²) in [6.07, 6.45) is 9.35. The van der Waals surface area contributed by atoms with Crippen LogP contribution in [0.25, 0.3) is 0 Å². The summed E-state index contributed by atoms with van der Waals surface area (Å²) in [4.78, 5) is 2.54.